The summed E-state index contributed by atoms with van der Waals surface area (Å²) in [5, 5.41) is 47.1. The summed E-state index contributed by atoms with van der Waals surface area (Å²) in [6, 6.07) is 3.43. The Morgan fingerprint density at radius 3 is 2.12 bits per heavy atom. The highest BCUT2D eigenvalue weighted by Gasteiger charge is 2.25. The molecular formula is C15H8Cl2O7. The number of fused-ring (bicyclic) bond motifs is 1. The highest BCUT2D eigenvalue weighted by atomic mass is 35.5. The van der Waals surface area contributed by atoms with Crippen molar-refractivity contribution in [2.45, 2.75) is 0 Å². The molecule has 0 aliphatic heterocycles. The molecule has 0 saturated heterocycles. The minimum atomic E-state index is -1.04. The molecule has 3 aromatic rings. The van der Waals surface area contributed by atoms with E-state index >= 15 is 0 Å². The monoisotopic (exact) mass is 370 g/mol. The number of rotatable bonds is 1. The van der Waals surface area contributed by atoms with Crippen LogP contribution in [-0.4, -0.2) is 25.5 Å². The van der Waals surface area contributed by atoms with Crippen LogP contribution in [0.1, 0.15) is 0 Å². The van der Waals surface area contributed by atoms with Crippen LogP contribution >= 0.6 is 23.2 Å². The van der Waals surface area contributed by atoms with Crippen LogP contribution in [-0.2, 0) is 0 Å². The summed E-state index contributed by atoms with van der Waals surface area (Å²) in [7, 11) is 0. The van der Waals surface area contributed by atoms with Gasteiger partial charge in [-0.25, -0.2) is 0 Å². The van der Waals surface area contributed by atoms with E-state index in [2.05, 4.69) is 0 Å². The van der Waals surface area contributed by atoms with Gasteiger partial charge in [-0.2, -0.15) is 0 Å². The summed E-state index contributed by atoms with van der Waals surface area (Å²) in [6.07, 6.45) is 0. The number of phenols is 4. The third kappa shape index (κ3) is 2.17. The van der Waals surface area contributed by atoms with Gasteiger partial charge in [0.2, 0.25) is 11.2 Å². The Morgan fingerprint density at radius 1 is 0.833 bits per heavy atom. The van der Waals surface area contributed by atoms with Crippen molar-refractivity contribution >= 4 is 34.2 Å². The minimum Gasteiger partial charge on any atom is -0.505 e. The van der Waals surface area contributed by atoms with Gasteiger partial charge in [0.05, 0.1) is 0 Å². The standard InChI is InChI=1S/C15H8Cl2O7/c16-8-10(20)7-11(21)13(23)14(24-15(7)9(17)12(8)22)4-1-2-5(18)6(19)3-4/h1-3,18-20,22-23H. The average molecular weight is 371 g/mol. The number of benzene rings is 2. The zero-order valence-corrected chi connectivity index (χ0v) is 13.1. The van der Waals surface area contributed by atoms with E-state index in [1.54, 1.807) is 0 Å². The molecule has 0 radical (unpaired) electrons. The van der Waals surface area contributed by atoms with Gasteiger partial charge in [0.25, 0.3) is 0 Å². The smallest absolute Gasteiger partial charge is 0.238 e. The molecule has 2 aromatic carbocycles. The Balaban J connectivity index is 2.46. The zero-order chi connectivity index (χ0) is 17.8. The van der Waals surface area contributed by atoms with Crippen LogP contribution in [0.3, 0.4) is 0 Å². The largest absolute Gasteiger partial charge is 0.505 e. The molecule has 9 heteroatoms. The van der Waals surface area contributed by atoms with Crippen LogP contribution in [0.5, 0.6) is 28.7 Å². The van der Waals surface area contributed by atoms with E-state index in [0.29, 0.717) is 0 Å². The fourth-order valence-corrected chi connectivity index (χ4v) is 2.65. The lowest BCUT2D eigenvalue weighted by Crippen LogP contribution is -2.03. The van der Waals surface area contributed by atoms with Crippen molar-refractivity contribution in [2.24, 2.45) is 0 Å². The molecule has 1 heterocycles. The molecule has 0 bridgehead atoms. The Hall–Kier alpha value is -2.77. The predicted molar refractivity (Wildman–Crippen MR) is 86.3 cm³/mol. The minimum absolute atomic E-state index is 0.0480. The van der Waals surface area contributed by atoms with E-state index in [1.165, 1.54) is 6.07 Å². The molecule has 5 N–H and O–H groups in total. The molecule has 0 unspecified atom stereocenters. The second-order valence-corrected chi connectivity index (χ2v) is 5.60. The van der Waals surface area contributed by atoms with Gasteiger partial charge in [0, 0.05) is 5.56 Å². The average Bonchev–Trinajstić information content (AvgIpc) is 2.56. The molecule has 24 heavy (non-hydrogen) atoms. The van der Waals surface area contributed by atoms with Crippen molar-refractivity contribution in [3.05, 3.63) is 38.5 Å². The lowest BCUT2D eigenvalue weighted by Gasteiger charge is -2.11. The van der Waals surface area contributed by atoms with E-state index in [9.17, 15) is 30.3 Å². The first kappa shape index (κ1) is 16.1. The summed E-state index contributed by atoms with van der Waals surface area (Å²) in [5.41, 5.74) is -1.40. The van der Waals surface area contributed by atoms with Gasteiger partial charge >= 0.3 is 0 Å². The van der Waals surface area contributed by atoms with Gasteiger partial charge in [-0.3, -0.25) is 4.79 Å². The van der Waals surface area contributed by atoms with Crippen LogP contribution in [0.15, 0.2) is 27.4 Å². The van der Waals surface area contributed by atoms with Gasteiger partial charge in [-0.1, -0.05) is 23.2 Å². The molecular weight excluding hydrogens is 363 g/mol. The van der Waals surface area contributed by atoms with Crippen LogP contribution in [0.2, 0.25) is 10.0 Å². The fraction of sp³-hybridized carbons (Fsp3) is 0. The predicted octanol–water partition coefficient (Wildman–Crippen LogP) is 3.29. The van der Waals surface area contributed by atoms with Crippen molar-refractivity contribution in [3.8, 4) is 40.1 Å². The summed E-state index contributed by atoms with van der Waals surface area (Å²) in [5.74, 6) is -3.68. The maximum Gasteiger partial charge on any atom is 0.238 e. The SMILES string of the molecule is O=c1c(O)c(-c2ccc(O)c(O)c2)oc2c(Cl)c(O)c(Cl)c(O)c12. The van der Waals surface area contributed by atoms with Gasteiger partial charge in [-0.15, -0.1) is 0 Å². The van der Waals surface area contributed by atoms with E-state index < -0.39 is 55.2 Å². The first-order valence-electron chi connectivity index (χ1n) is 6.35. The molecule has 0 fully saturated rings. The molecule has 124 valence electrons. The third-order valence-corrected chi connectivity index (χ3v) is 4.09. The molecule has 0 saturated carbocycles. The Morgan fingerprint density at radius 2 is 1.50 bits per heavy atom. The number of hydrogen-bond donors (Lipinski definition) is 5. The van der Waals surface area contributed by atoms with Crippen molar-refractivity contribution < 1.29 is 29.9 Å². The van der Waals surface area contributed by atoms with Crippen molar-refractivity contribution in [2.75, 3.05) is 0 Å². The van der Waals surface area contributed by atoms with Gasteiger partial charge in [0.15, 0.2) is 34.3 Å². The summed E-state index contributed by atoms with van der Waals surface area (Å²) < 4.78 is 5.35. The Kier molecular flexibility index (Phi) is 3.62. The fourth-order valence-electron chi connectivity index (χ4n) is 2.18. The van der Waals surface area contributed by atoms with Gasteiger partial charge in [0.1, 0.15) is 15.4 Å². The van der Waals surface area contributed by atoms with Crippen LogP contribution in [0, 0.1) is 0 Å². The lowest BCUT2D eigenvalue weighted by atomic mass is 10.1. The van der Waals surface area contributed by atoms with Crippen molar-refractivity contribution in [3.63, 3.8) is 0 Å². The van der Waals surface area contributed by atoms with Crippen molar-refractivity contribution in [1.82, 2.24) is 0 Å². The second kappa shape index (κ2) is 5.40. The number of aromatic hydroxyl groups is 5. The molecule has 0 atom stereocenters. The van der Waals surface area contributed by atoms with E-state index in [-0.39, 0.29) is 11.3 Å². The zero-order valence-electron chi connectivity index (χ0n) is 11.5. The van der Waals surface area contributed by atoms with E-state index in [0.717, 1.165) is 12.1 Å². The number of halogens is 2. The highest BCUT2D eigenvalue weighted by Crippen LogP contribution is 2.46. The topological polar surface area (TPSA) is 131 Å². The van der Waals surface area contributed by atoms with Gasteiger partial charge in [-0.05, 0) is 18.2 Å². The molecule has 7 nitrogen and oxygen atoms in total. The van der Waals surface area contributed by atoms with Gasteiger partial charge < -0.3 is 29.9 Å². The number of phenolic OH excluding ortho intramolecular Hbond substituents is 4. The van der Waals surface area contributed by atoms with E-state index in [4.69, 9.17) is 27.6 Å². The molecule has 0 amide bonds. The molecule has 0 aliphatic rings. The first-order chi connectivity index (χ1) is 11.2. The van der Waals surface area contributed by atoms with Crippen LogP contribution < -0.4 is 5.43 Å². The van der Waals surface area contributed by atoms with Crippen molar-refractivity contribution in [1.29, 1.82) is 0 Å². The van der Waals surface area contributed by atoms with E-state index in [1.807, 2.05) is 0 Å². The third-order valence-electron chi connectivity index (χ3n) is 3.39. The quantitative estimate of drug-likeness (QED) is 0.415. The Bertz CT molecular complexity index is 1060. The first-order valence-corrected chi connectivity index (χ1v) is 7.10. The highest BCUT2D eigenvalue weighted by molar-refractivity contribution is 6.41. The molecule has 0 aliphatic carbocycles. The Labute approximate surface area is 143 Å². The maximum atomic E-state index is 12.3. The summed E-state index contributed by atoms with van der Waals surface area (Å²) in [4.78, 5) is 12.3. The molecule has 1 aromatic heterocycles. The van der Waals surface area contributed by atoms with Crippen LogP contribution in [0.4, 0.5) is 0 Å². The lowest BCUT2D eigenvalue weighted by molar-refractivity contribution is 0.403. The molecule has 3 rings (SSSR count). The van der Waals surface area contributed by atoms with Crippen LogP contribution in [0.25, 0.3) is 22.3 Å². The summed E-state index contributed by atoms with van der Waals surface area (Å²) in [6.45, 7) is 0. The normalized spacial score (nSPS) is 11.1. The maximum absolute atomic E-state index is 12.3. The summed E-state index contributed by atoms with van der Waals surface area (Å²) >= 11 is 11.6. The molecule has 0 spiro atoms. The second-order valence-electron chi connectivity index (χ2n) is 4.84. The number of hydrogen-bond acceptors (Lipinski definition) is 7.